The third-order valence-corrected chi connectivity index (χ3v) is 2.89. The Morgan fingerprint density at radius 2 is 2.00 bits per heavy atom. The van der Waals surface area contributed by atoms with Gasteiger partial charge in [-0.1, -0.05) is 6.07 Å². The molecule has 19 heavy (non-hydrogen) atoms. The van der Waals surface area contributed by atoms with Crippen molar-refractivity contribution in [1.29, 1.82) is 0 Å². The Morgan fingerprint density at radius 3 is 2.63 bits per heavy atom. The van der Waals surface area contributed by atoms with E-state index >= 15 is 0 Å². The van der Waals surface area contributed by atoms with E-state index < -0.39 is 12.7 Å². The molecule has 1 aliphatic carbocycles. The molecule has 0 aliphatic heterocycles. The van der Waals surface area contributed by atoms with Crippen molar-refractivity contribution in [3.63, 3.8) is 0 Å². The Kier molecular flexibility index (Phi) is 4.42. The monoisotopic (exact) mass is 273 g/mol. The summed E-state index contributed by atoms with van der Waals surface area (Å²) in [6.07, 6.45) is -1.76. The molecule has 1 aromatic heterocycles. The fourth-order valence-corrected chi connectivity index (χ4v) is 1.89. The van der Waals surface area contributed by atoms with Gasteiger partial charge in [0.25, 0.3) is 0 Å². The number of alkyl halides is 3. The molecule has 1 saturated carbocycles. The van der Waals surface area contributed by atoms with Crippen molar-refractivity contribution in [3.05, 3.63) is 29.6 Å². The smallest absolute Gasteiger partial charge is 0.308 e. The highest BCUT2D eigenvalue weighted by Gasteiger charge is 2.29. The minimum Gasteiger partial charge on any atom is -0.308 e. The van der Waals surface area contributed by atoms with Gasteiger partial charge in [-0.2, -0.15) is 13.2 Å². The van der Waals surface area contributed by atoms with Crippen LogP contribution in [-0.2, 0) is 13.1 Å². The van der Waals surface area contributed by atoms with Crippen LogP contribution in [0, 0.1) is 0 Å². The number of hydrogen-bond acceptors (Lipinski definition) is 3. The van der Waals surface area contributed by atoms with Gasteiger partial charge in [-0.3, -0.25) is 9.88 Å². The van der Waals surface area contributed by atoms with Crippen molar-refractivity contribution in [3.8, 4) is 0 Å². The van der Waals surface area contributed by atoms with Gasteiger partial charge in [0, 0.05) is 19.1 Å². The Bertz CT molecular complexity index is 416. The first-order valence-corrected chi connectivity index (χ1v) is 6.36. The fourth-order valence-electron chi connectivity index (χ4n) is 1.89. The maximum atomic E-state index is 12.2. The van der Waals surface area contributed by atoms with Gasteiger partial charge in [0.15, 0.2) is 0 Å². The van der Waals surface area contributed by atoms with E-state index in [1.54, 1.807) is 6.07 Å². The van der Waals surface area contributed by atoms with E-state index in [2.05, 4.69) is 10.3 Å². The molecule has 2 rings (SSSR count). The SMILES string of the molecule is CN(Cc1cccc(CNC2CC2)n1)CC(F)(F)F. The first-order chi connectivity index (χ1) is 8.92. The fraction of sp³-hybridized carbons (Fsp3) is 0.615. The van der Waals surface area contributed by atoms with Gasteiger partial charge in [0.1, 0.15) is 0 Å². The Labute approximate surface area is 110 Å². The van der Waals surface area contributed by atoms with E-state index in [-0.39, 0.29) is 6.54 Å². The van der Waals surface area contributed by atoms with Gasteiger partial charge in [0.2, 0.25) is 0 Å². The van der Waals surface area contributed by atoms with Crippen LogP contribution in [0.25, 0.3) is 0 Å². The van der Waals surface area contributed by atoms with E-state index in [0.717, 1.165) is 5.69 Å². The topological polar surface area (TPSA) is 28.2 Å². The van der Waals surface area contributed by atoms with Crippen LogP contribution in [0.4, 0.5) is 13.2 Å². The van der Waals surface area contributed by atoms with Crippen LogP contribution in [0.5, 0.6) is 0 Å². The molecular formula is C13H18F3N3. The second kappa shape index (κ2) is 5.88. The lowest BCUT2D eigenvalue weighted by molar-refractivity contribution is -0.144. The largest absolute Gasteiger partial charge is 0.401 e. The predicted molar refractivity (Wildman–Crippen MR) is 66.5 cm³/mol. The van der Waals surface area contributed by atoms with Crippen molar-refractivity contribution in [1.82, 2.24) is 15.2 Å². The standard InChI is InChI=1S/C13H18F3N3/c1-19(9-13(14,15)16)8-12-4-2-3-11(18-12)7-17-10-5-6-10/h2-4,10,17H,5-9H2,1H3. The lowest BCUT2D eigenvalue weighted by Gasteiger charge is -2.18. The molecule has 1 heterocycles. The highest BCUT2D eigenvalue weighted by Crippen LogP contribution is 2.19. The summed E-state index contributed by atoms with van der Waals surface area (Å²) in [6.45, 7) is -0.0303. The lowest BCUT2D eigenvalue weighted by atomic mass is 10.3. The number of aromatic nitrogens is 1. The second-order valence-corrected chi connectivity index (χ2v) is 5.06. The van der Waals surface area contributed by atoms with Crippen molar-refractivity contribution < 1.29 is 13.2 Å². The minimum absolute atomic E-state index is 0.205. The number of nitrogens with zero attached hydrogens (tertiary/aromatic N) is 2. The molecule has 1 aromatic rings. The molecule has 1 fully saturated rings. The summed E-state index contributed by atoms with van der Waals surface area (Å²) in [6, 6.07) is 6.09. The van der Waals surface area contributed by atoms with E-state index in [1.165, 1.54) is 24.8 Å². The Hall–Kier alpha value is -1.14. The van der Waals surface area contributed by atoms with Crippen LogP contribution in [-0.4, -0.2) is 35.7 Å². The summed E-state index contributed by atoms with van der Waals surface area (Å²) >= 11 is 0. The molecule has 6 heteroatoms. The molecule has 0 amide bonds. The normalized spacial score (nSPS) is 16.1. The van der Waals surface area contributed by atoms with Crippen molar-refractivity contribution in [2.45, 2.75) is 38.1 Å². The molecule has 0 atom stereocenters. The average molecular weight is 273 g/mol. The van der Waals surface area contributed by atoms with Gasteiger partial charge in [-0.25, -0.2) is 0 Å². The van der Waals surface area contributed by atoms with Gasteiger partial charge < -0.3 is 5.32 Å². The second-order valence-electron chi connectivity index (χ2n) is 5.06. The summed E-state index contributed by atoms with van der Waals surface area (Å²) in [4.78, 5) is 5.59. The quantitative estimate of drug-likeness (QED) is 0.862. The summed E-state index contributed by atoms with van der Waals surface area (Å²) in [5, 5.41) is 3.34. The molecular weight excluding hydrogens is 255 g/mol. The molecule has 1 aliphatic rings. The van der Waals surface area contributed by atoms with Crippen LogP contribution in [0.2, 0.25) is 0 Å². The molecule has 106 valence electrons. The van der Waals surface area contributed by atoms with Gasteiger partial charge in [-0.05, 0) is 32.0 Å². The van der Waals surface area contributed by atoms with E-state index in [0.29, 0.717) is 18.3 Å². The number of pyridine rings is 1. The maximum absolute atomic E-state index is 12.2. The molecule has 0 aromatic carbocycles. The van der Waals surface area contributed by atoms with Crippen LogP contribution in [0.3, 0.4) is 0 Å². The van der Waals surface area contributed by atoms with Crippen molar-refractivity contribution >= 4 is 0 Å². The Morgan fingerprint density at radius 1 is 1.32 bits per heavy atom. The first-order valence-electron chi connectivity index (χ1n) is 6.36. The molecule has 0 radical (unpaired) electrons. The minimum atomic E-state index is -4.17. The maximum Gasteiger partial charge on any atom is 0.401 e. The summed E-state index contributed by atoms with van der Waals surface area (Å²) in [7, 11) is 1.45. The van der Waals surface area contributed by atoms with Gasteiger partial charge >= 0.3 is 6.18 Å². The molecule has 0 unspecified atom stereocenters. The van der Waals surface area contributed by atoms with Crippen LogP contribution in [0.1, 0.15) is 24.2 Å². The van der Waals surface area contributed by atoms with E-state index in [4.69, 9.17) is 0 Å². The molecule has 0 spiro atoms. The van der Waals surface area contributed by atoms with Crippen LogP contribution >= 0.6 is 0 Å². The molecule has 0 bridgehead atoms. The molecule has 0 saturated heterocycles. The van der Waals surface area contributed by atoms with Gasteiger partial charge in [-0.15, -0.1) is 0 Å². The number of nitrogens with one attached hydrogen (secondary N) is 1. The van der Waals surface area contributed by atoms with Crippen molar-refractivity contribution in [2.75, 3.05) is 13.6 Å². The highest BCUT2D eigenvalue weighted by atomic mass is 19.4. The Balaban J connectivity index is 1.86. The van der Waals surface area contributed by atoms with Gasteiger partial charge in [0.05, 0.1) is 17.9 Å². The highest BCUT2D eigenvalue weighted by molar-refractivity contribution is 5.11. The zero-order valence-corrected chi connectivity index (χ0v) is 10.9. The first kappa shape index (κ1) is 14.3. The zero-order valence-electron chi connectivity index (χ0n) is 10.9. The molecule has 3 nitrogen and oxygen atoms in total. The number of halogens is 3. The third kappa shape index (κ3) is 5.57. The van der Waals surface area contributed by atoms with E-state index in [9.17, 15) is 13.2 Å². The number of hydrogen-bond donors (Lipinski definition) is 1. The predicted octanol–water partition coefficient (Wildman–Crippen LogP) is 2.33. The average Bonchev–Trinajstić information content (AvgIpc) is 3.07. The lowest BCUT2D eigenvalue weighted by Crippen LogP contribution is -2.31. The van der Waals surface area contributed by atoms with E-state index in [1.807, 2.05) is 12.1 Å². The van der Waals surface area contributed by atoms with Crippen LogP contribution in [0.15, 0.2) is 18.2 Å². The molecule has 1 N–H and O–H groups in total. The zero-order chi connectivity index (χ0) is 13.9. The van der Waals surface area contributed by atoms with Crippen molar-refractivity contribution in [2.24, 2.45) is 0 Å². The van der Waals surface area contributed by atoms with Crippen LogP contribution < -0.4 is 5.32 Å². The summed E-state index contributed by atoms with van der Waals surface area (Å²) in [5.74, 6) is 0. The third-order valence-electron chi connectivity index (χ3n) is 2.89. The number of rotatable bonds is 6. The summed E-state index contributed by atoms with van der Waals surface area (Å²) < 4.78 is 36.7. The summed E-state index contributed by atoms with van der Waals surface area (Å²) in [5.41, 5.74) is 1.55.